The molecule has 0 saturated carbocycles. The van der Waals surface area contributed by atoms with E-state index in [0.717, 1.165) is 0 Å². The third-order valence-electron chi connectivity index (χ3n) is 4.00. The average Bonchev–Trinajstić information content (AvgIpc) is 2.65. The van der Waals surface area contributed by atoms with Gasteiger partial charge in [0.05, 0.1) is 29.5 Å². The molecule has 0 aliphatic rings. The molecule has 2 aromatic carbocycles. The van der Waals surface area contributed by atoms with Crippen LogP contribution in [0.2, 0.25) is 0 Å². The van der Waals surface area contributed by atoms with Crippen molar-refractivity contribution in [2.45, 2.75) is 0 Å². The molecule has 0 heterocycles. The summed E-state index contributed by atoms with van der Waals surface area (Å²) < 4.78 is 0. The maximum atomic E-state index is 11.3. The minimum Gasteiger partial charge on any atom is -0.392 e. The van der Waals surface area contributed by atoms with Crippen molar-refractivity contribution >= 4 is 45.5 Å². The van der Waals surface area contributed by atoms with Gasteiger partial charge in [-0.15, -0.1) is 0 Å². The molecular formula is C12H6N8O12. The smallest absolute Gasteiger partial charge is 0.392 e. The normalized spacial score (nSPS) is 10.4. The van der Waals surface area contributed by atoms with Gasteiger partial charge < -0.3 is 11.5 Å². The van der Waals surface area contributed by atoms with E-state index in [9.17, 15) is 60.7 Å². The van der Waals surface area contributed by atoms with E-state index in [4.69, 9.17) is 11.5 Å². The number of hydrogen-bond acceptors (Lipinski definition) is 14. The van der Waals surface area contributed by atoms with Crippen LogP contribution in [0.5, 0.6) is 0 Å². The van der Waals surface area contributed by atoms with Gasteiger partial charge in [-0.05, 0) is 0 Å². The first-order chi connectivity index (χ1) is 14.7. The molecule has 0 fully saturated rings. The van der Waals surface area contributed by atoms with Gasteiger partial charge in [-0.25, -0.2) is 0 Å². The van der Waals surface area contributed by atoms with Crippen LogP contribution in [0.25, 0.3) is 11.1 Å². The van der Waals surface area contributed by atoms with Gasteiger partial charge in [0, 0.05) is 23.3 Å². The van der Waals surface area contributed by atoms with Gasteiger partial charge in [0.1, 0.15) is 11.4 Å². The second-order valence-electron chi connectivity index (χ2n) is 5.65. The lowest BCUT2D eigenvalue weighted by Gasteiger charge is -2.10. The second kappa shape index (κ2) is 7.69. The fraction of sp³-hybridized carbons (Fsp3) is 0. The third kappa shape index (κ3) is 3.44. The molecule has 0 aliphatic heterocycles. The van der Waals surface area contributed by atoms with Crippen LogP contribution in [0.4, 0.5) is 45.5 Å². The average molecular weight is 454 g/mol. The summed E-state index contributed by atoms with van der Waals surface area (Å²) in [4.78, 5) is 59.0. The molecule has 0 radical (unpaired) electrons. The van der Waals surface area contributed by atoms with Crippen LogP contribution in [0.15, 0.2) is 12.1 Å². The number of hydrogen-bond donors (Lipinski definition) is 2. The van der Waals surface area contributed by atoms with Gasteiger partial charge >= 0.3 is 34.1 Å². The summed E-state index contributed by atoms with van der Waals surface area (Å²) >= 11 is 0. The number of nitrogens with zero attached hydrogens (tertiary/aromatic N) is 6. The molecule has 32 heavy (non-hydrogen) atoms. The molecule has 20 nitrogen and oxygen atoms in total. The molecule has 0 spiro atoms. The van der Waals surface area contributed by atoms with Crippen molar-refractivity contribution in [1.82, 2.24) is 0 Å². The Hall–Kier alpha value is -5.56. The van der Waals surface area contributed by atoms with E-state index < -0.39 is 86.2 Å². The summed E-state index contributed by atoms with van der Waals surface area (Å²) in [6.07, 6.45) is 0. The van der Waals surface area contributed by atoms with Crippen molar-refractivity contribution in [2.24, 2.45) is 0 Å². The monoisotopic (exact) mass is 454 g/mol. The largest absolute Gasteiger partial charge is 0.424 e. The first kappa shape index (κ1) is 22.7. The lowest BCUT2D eigenvalue weighted by atomic mass is 9.96. The minimum absolute atomic E-state index is 0.283. The molecule has 0 unspecified atom stereocenters. The highest BCUT2D eigenvalue weighted by atomic mass is 16.7. The highest BCUT2D eigenvalue weighted by Gasteiger charge is 2.44. The number of rotatable bonds is 7. The van der Waals surface area contributed by atoms with E-state index in [0.29, 0.717) is 0 Å². The summed E-state index contributed by atoms with van der Waals surface area (Å²) in [7, 11) is 0. The molecule has 0 atom stereocenters. The molecule has 166 valence electrons. The fourth-order valence-electron chi connectivity index (χ4n) is 2.77. The Balaban J connectivity index is 3.20. The summed E-state index contributed by atoms with van der Waals surface area (Å²) in [6, 6.07) is 0.566. The predicted molar refractivity (Wildman–Crippen MR) is 101 cm³/mol. The van der Waals surface area contributed by atoms with Crippen LogP contribution in [0, 0.1) is 60.7 Å². The van der Waals surface area contributed by atoms with Gasteiger partial charge in [-0.2, -0.15) is 0 Å². The standard InChI is InChI=1S/C12H6N8O12/c13-7-3(1-5(15(21)22)9(17(25)26)11(7)19(29)30)4-2-6(16(23)24)10(18(27)28)12(8(4)14)20(31)32/h1-2H,13-14H2. The molecule has 0 aliphatic carbocycles. The van der Waals surface area contributed by atoms with Crippen molar-refractivity contribution in [3.05, 3.63) is 72.8 Å². The zero-order chi connectivity index (χ0) is 24.7. The van der Waals surface area contributed by atoms with Crippen LogP contribution in [0.3, 0.4) is 0 Å². The quantitative estimate of drug-likeness (QED) is 0.343. The Kier molecular flexibility index (Phi) is 5.46. The Morgan fingerprint density at radius 3 is 0.906 bits per heavy atom. The van der Waals surface area contributed by atoms with Gasteiger partial charge in [-0.3, -0.25) is 60.7 Å². The van der Waals surface area contributed by atoms with E-state index in [1.807, 2.05) is 0 Å². The van der Waals surface area contributed by atoms with Crippen molar-refractivity contribution in [2.75, 3.05) is 11.5 Å². The highest BCUT2D eigenvalue weighted by molar-refractivity contribution is 5.99. The third-order valence-corrected chi connectivity index (χ3v) is 4.00. The van der Waals surface area contributed by atoms with Crippen molar-refractivity contribution in [1.29, 1.82) is 0 Å². The Bertz CT molecular complexity index is 1170. The topological polar surface area (TPSA) is 311 Å². The second-order valence-corrected chi connectivity index (χ2v) is 5.65. The molecular weight excluding hydrogens is 448 g/mol. The molecule has 0 saturated heterocycles. The summed E-state index contributed by atoms with van der Waals surface area (Å²) in [6.45, 7) is 0. The first-order valence-corrected chi connectivity index (χ1v) is 7.51. The molecule has 2 aromatic rings. The molecule has 2 rings (SSSR count). The zero-order valence-corrected chi connectivity index (χ0v) is 14.9. The van der Waals surface area contributed by atoms with Crippen LogP contribution < -0.4 is 11.5 Å². The SMILES string of the molecule is Nc1c(-c2cc([N+](=O)[O-])c([N+](=O)[O-])c([N+](=O)[O-])c2N)cc([N+](=O)[O-])c([N+](=O)[O-])c1[N+](=O)[O-]. The Labute approximate surface area is 171 Å². The van der Waals surface area contributed by atoms with Crippen LogP contribution in [-0.2, 0) is 0 Å². The van der Waals surface area contributed by atoms with E-state index in [-0.39, 0.29) is 12.1 Å². The van der Waals surface area contributed by atoms with E-state index in [2.05, 4.69) is 0 Å². The van der Waals surface area contributed by atoms with E-state index in [1.165, 1.54) is 0 Å². The fourth-order valence-corrected chi connectivity index (χ4v) is 2.77. The van der Waals surface area contributed by atoms with Crippen molar-refractivity contribution < 1.29 is 29.5 Å². The van der Waals surface area contributed by atoms with E-state index in [1.54, 1.807) is 0 Å². The highest BCUT2D eigenvalue weighted by Crippen LogP contribution is 2.51. The molecule has 0 bridgehead atoms. The number of nitrogens with two attached hydrogens (primary N) is 2. The molecule has 4 N–H and O–H groups in total. The van der Waals surface area contributed by atoms with E-state index >= 15 is 0 Å². The number of nitro groups is 6. The number of anilines is 2. The van der Waals surface area contributed by atoms with Crippen molar-refractivity contribution in [3.8, 4) is 11.1 Å². The number of nitro benzene ring substituents is 6. The lowest BCUT2D eigenvalue weighted by molar-refractivity contribution is -0.440. The molecule has 0 aromatic heterocycles. The maximum absolute atomic E-state index is 11.3. The van der Waals surface area contributed by atoms with Gasteiger partial charge in [0.25, 0.3) is 0 Å². The van der Waals surface area contributed by atoms with Crippen molar-refractivity contribution in [3.63, 3.8) is 0 Å². The first-order valence-electron chi connectivity index (χ1n) is 7.51. The Morgan fingerprint density at radius 2 is 0.719 bits per heavy atom. The van der Waals surface area contributed by atoms with Gasteiger partial charge in [-0.1, -0.05) is 0 Å². The number of nitrogen functional groups attached to an aromatic ring is 2. The predicted octanol–water partition coefficient (Wildman–Crippen LogP) is 1.97. The summed E-state index contributed by atoms with van der Waals surface area (Å²) in [5.74, 6) is 0. The van der Waals surface area contributed by atoms with Crippen LogP contribution in [-0.4, -0.2) is 29.5 Å². The van der Waals surface area contributed by atoms with Gasteiger partial charge in [0.15, 0.2) is 0 Å². The van der Waals surface area contributed by atoms with Gasteiger partial charge in [0.2, 0.25) is 0 Å². The maximum Gasteiger partial charge on any atom is 0.424 e. The summed E-state index contributed by atoms with van der Waals surface area (Å²) in [5, 5.41) is 67.6. The number of benzene rings is 2. The van der Waals surface area contributed by atoms with Crippen LogP contribution >= 0.6 is 0 Å². The van der Waals surface area contributed by atoms with Crippen LogP contribution in [0.1, 0.15) is 0 Å². The molecule has 0 amide bonds. The summed E-state index contributed by atoms with van der Waals surface area (Å²) in [5.41, 5.74) is -2.48. The Morgan fingerprint density at radius 1 is 0.469 bits per heavy atom. The lowest BCUT2D eigenvalue weighted by Crippen LogP contribution is -2.09. The minimum atomic E-state index is -1.63. The molecule has 20 heteroatoms. The zero-order valence-electron chi connectivity index (χ0n) is 14.9.